The van der Waals surface area contributed by atoms with Crippen molar-refractivity contribution in [3.05, 3.63) is 35.7 Å². The quantitative estimate of drug-likeness (QED) is 0.725. The molecule has 3 rings (SSSR count). The first-order chi connectivity index (χ1) is 8.81. The van der Waals surface area contributed by atoms with E-state index in [-0.39, 0.29) is 0 Å². The average molecular weight is 258 g/mol. The van der Waals surface area contributed by atoms with Crippen molar-refractivity contribution in [2.45, 2.75) is 26.7 Å². The monoisotopic (exact) mass is 258 g/mol. The maximum absolute atomic E-state index is 4.58. The third kappa shape index (κ3) is 1.80. The Morgan fingerprint density at radius 2 is 1.83 bits per heavy atom. The smallest absolute Gasteiger partial charge is 0.187 e. The molecule has 0 saturated heterocycles. The second-order valence-electron chi connectivity index (χ2n) is 4.12. The predicted octanol–water partition coefficient (Wildman–Crippen LogP) is 2.98. The molecule has 92 valence electrons. The minimum Gasteiger partial charge on any atom is -0.187 e. The molecule has 0 amide bonds. The summed E-state index contributed by atoms with van der Waals surface area (Å²) in [6.45, 7) is 4.22. The van der Waals surface area contributed by atoms with E-state index in [1.165, 1.54) is 5.56 Å². The Balaban J connectivity index is 2.04. The van der Waals surface area contributed by atoms with Gasteiger partial charge >= 0.3 is 0 Å². The van der Waals surface area contributed by atoms with Crippen LogP contribution in [0.3, 0.4) is 0 Å². The van der Waals surface area contributed by atoms with Crippen molar-refractivity contribution >= 4 is 16.3 Å². The first-order valence-corrected chi connectivity index (χ1v) is 6.94. The van der Waals surface area contributed by atoms with Crippen LogP contribution in [-0.4, -0.2) is 19.8 Å². The molecule has 0 aliphatic heterocycles. The summed E-state index contributed by atoms with van der Waals surface area (Å²) in [7, 11) is 0. The van der Waals surface area contributed by atoms with Crippen molar-refractivity contribution in [2.24, 2.45) is 0 Å². The fourth-order valence-corrected chi connectivity index (χ4v) is 2.74. The number of rotatable bonds is 3. The van der Waals surface area contributed by atoms with E-state index in [0.29, 0.717) is 0 Å². The maximum atomic E-state index is 4.58. The molecule has 0 fully saturated rings. The highest BCUT2D eigenvalue weighted by atomic mass is 32.1. The summed E-state index contributed by atoms with van der Waals surface area (Å²) in [6, 6.07) is 8.54. The first-order valence-electron chi connectivity index (χ1n) is 6.12. The van der Waals surface area contributed by atoms with Gasteiger partial charge in [0.05, 0.1) is 0 Å². The summed E-state index contributed by atoms with van der Waals surface area (Å²) >= 11 is 1.58. The van der Waals surface area contributed by atoms with E-state index in [2.05, 4.69) is 53.4 Å². The van der Waals surface area contributed by atoms with Crippen molar-refractivity contribution in [2.75, 3.05) is 0 Å². The number of nitrogens with zero attached hydrogens (tertiary/aromatic N) is 4. The summed E-state index contributed by atoms with van der Waals surface area (Å²) in [4.78, 5) is 0.862. The fourth-order valence-electron chi connectivity index (χ4n) is 1.88. The highest BCUT2D eigenvalue weighted by Crippen LogP contribution is 2.25. The average Bonchev–Trinajstić information content (AvgIpc) is 2.98. The van der Waals surface area contributed by atoms with Crippen molar-refractivity contribution in [1.29, 1.82) is 0 Å². The summed E-state index contributed by atoms with van der Waals surface area (Å²) in [5.74, 6) is 0.915. The predicted molar refractivity (Wildman–Crippen MR) is 72.9 cm³/mol. The van der Waals surface area contributed by atoms with E-state index in [4.69, 9.17) is 0 Å². The molecular weight excluding hydrogens is 244 g/mol. The molecule has 3 aromatic rings. The van der Waals surface area contributed by atoms with Gasteiger partial charge in [0.15, 0.2) is 5.82 Å². The molecule has 0 N–H and O–H groups in total. The van der Waals surface area contributed by atoms with Crippen molar-refractivity contribution in [3.8, 4) is 10.6 Å². The van der Waals surface area contributed by atoms with Gasteiger partial charge in [-0.05, 0) is 12.0 Å². The van der Waals surface area contributed by atoms with Crippen LogP contribution in [0.15, 0.2) is 24.3 Å². The highest BCUT2D eigenvalue weighted by molar-refractivity contribution is 7.19. The zero-order chi connectivity index (χ0) is 12.5. The van der Waals surface area contributed by atoms with Crippen LogP contribution in [0.1, 0.15) is 25.2 Å². The van der Waals surface area contributed by atoms with Crippen molar-refractivity contribution in [1.82, 2.24) is 19.8 Å². The van der Waals surface area contributed by atoms with Gasteiger partial charge in [-0.15, -0.1) is 10.2 Å². The number of aromatic nitrogens is 4. The summed E-state index contributed by atoms with van der Waals surface area (Å²) < 4.78 is 1.84. The number of fused-ring (bicyclic) bond motifs is 1. The molecular formula is C13H14N4S. The van der Waals surface area contributed by atoms with Crippen LogP contribution in [0.25, 0.3) is 15.5 Å². The van der Waals surface area contributed by atoms with Crippen molar-refractivity contribution in [3.63, 3.8) is 0 Å². The van der Waals surface area contributed by atoms with E-state index in [9.17, 15) is 0 Å². The molecule has 0 saturated carbocycles. The van der Waals surface area contributed by atoms with E-state index >= 15 is 0 Å². The van der Waals surface area contributed by atoms with Gasteiger partial charge in [-0.2, -0.15) is 9.61 Å². The van der Waals surface area contributed by atoms with Crippen LogP contribution in [-0.2, 0) is 12.8 Å². The van der Waals surface area contributed by atoms with Gasteiger partial charge in [-0.3, -0.25) is 0 Å². The summed E-state index contributed by atoms with van der Waals surface area (Å²) in [6.07, 6.45) is 1.91. The second kappa shape index (κ2) is 4.49. The summed E-state index contributed by atoms with van der Waals surface area (Å²) in [5, 5.41) is 13.8. The molecule has 0 aliphatic carbocycles. The van der Waals surface area contributed by atoms with Crippen LogP contribution in [0, 0.1) is 0 Å². The molecule has 18 heavy (non-hydrogen) atoms. The third-order valence-corrected chi connectivity index (χ3v) is 3.93. The Morgan fingerprint density at radius 1 is 1.06 bits per heavy atom. The van der Waals surface area contributed by atoms with E-state index in [0.717, 1.165) is 34.2 Å². The topological polar surface area (TPSA) is 43.1 Å². The molecule has 5 heteroatoms. The van der Waals surface area contributed by atoms with Crippen LogP contribution >= 0.6 is 11.3 Å². The van der Waals surface area contributed by atoms with Gasteiger partial charge in [-0.25, -0.2) is 0 Å². The van der Waals surface area contributed by atoms with E-state index in [1.807, 2.05) is 4.52 Å². The molecule has 4 nitrogen and oxygen atoms in total. The lowest BCUT2D eigenvalue weighted by Crippen LogP contribution is -1.93. The standard InChI is InChI=1S/C13H14N4S/c1-3-9-5-7-10(8-6-9)12-16-17-11(4-2)14-15-13(17)18-12/h5-8H,3-4H2,1-2H3. The molecule has 2 heterocycles. The molecule has 0 aliphatic rings. The minimum absolute atomic E-state index is 0.846. The Morgan fingerprint density at radius 3 is 2.50 bits per heavy atom. The van der Waals surface area contributed by atoms with Gasteiger partial charge in [0.2, 0.25) is 4.96 Å². The second-order valence-corrected chi connectivity index (χ2v) is 5.08. The lowest BCUT2D eigenvalue weighted by atomic mass is 10.1. The van der Waals surface area contributed by atoms with Gasteiger partial charge in [-0.1, -0.05) is 49.4 Å². The van der Waals surface area contributed by atoms with Crippen LogP contribution in [0.2, 0.25) is 0 Å². The third-order valence-electron chi connectivity index (χ3n) is 2.98. The lowest BCUT2D eigenvalue weighted by Gasteiger charge is -1.98. The minimum atomic E-state index is 0.846. The van der Waals surface area contributed by atoms with Crippen LogP contribution < -0.4 is 0 Å². The Bertz CT molecular complexity index is 666. The zero-order valence-corrected chi connectivity index (χ0v) is 11.2. The van der Waals surface area contributed by atoms with Gasteiger partial charge < -0.3 is 0 Å². The number of hydrogen-bond acceptors (Lipinski definition) is 4. The largest absolute Gasteiger partial charge is 0.234 e. The molecule has 0 spiro atoms. The van der Waals surface area contributed by atoms with Crippen LogP contribution in [0.4, 0.5) is 0 Å². The molecule has 0 radical (unpaired) electrons. The fraction of sp³-hybridized carbons (Fsp3) is 0.308. The summed E-state index contributed by atoms with van der Waals surface area (Å²) in [5.41, 5.74) is 2.49. The Hall–Kier alpha value is -1.75. The normalized spacial score (nSPS) is 11.2. The molecule has 0 unspecified atom stereocenters. The van der Waals surface area contributed by atoms with Gasteiger partial charge in [0.1, 0.15) is 5.01 Å². The van der Waals surface area contributed by atoms with Crippen molar-refractivity contribution < 1.29 is 0 Å². The Kier molecular flexibility index (Phi) is 2.83. The highest BCUT2D eigenvalue weighted by Gasteiger charge is 2.11. The number of benzene rings is 1. The molecule has 2 aromatic heterocycles. The molecule has 0 bridgehead atoms. The zero-order valence-electron chi connectivity index (χ0n) is 10.4. The Labute approximate surface area is 109 Å². The lowest BCUT2D eigenvalue weighted by molar-refractivity contribution is 0.838. The number of aryl methyl sites for hydroxylation is 2. The van der Waals surface area contributed by atoms with E-state index < -0.39 is 0 Å². The molecule has 1 aromatic carbocycles. The number of hydrogen-bond donors (Lipinski definition) is 0. The molecule has 0 atom stereocenters. The first kappa shape index (κ1) is 11.3. The van der Waals surface area contributed by atoms with Crippen LogP contribution in [0.5, 0.6) is 0 Å². The van der Waals surface area contributed by atoms with E-state index in [1.54, 1.807) is 11.3 Å². The maximum Gasteiger partial charge on any atom is 0.234 e. The van der Waals surface area contributed by atoms with Gasteiger partial charge in [0, 0.05) is 12.0 Å². The SMILES string of the molecule is CCc1ccc(-c2nn3c(CC)nnc3s2)cc1. The van der Waals surface area contributed by atoms with Gasteiger partial charge in [0.25, 0.3) is 0 Å².